The first-order valence-electron chi connectivity index (χ1n) is 8.42. The first-order chi connectivity index (χ1) is 11.9. The number of aliphatic carboxylic acids is 1. The molecule has 4 unspecified atom stereocenters. The van der Waals surface area contributed by atoms with Crippen LogP contribution in [0.15, 0.2) is 0 Å². The number of rotatable bonds is 10. The largest absolute Gasteiger partial charge is 0.480 e. The smallest absolute Gasteiger partial charge is 0.327 e. The van der Waals surface area contributed by atoms with Gasteiger partial charge >= 0.3 is 5.97 Å². The monoisotopic (exact) mass is 390 g/mol. The van der Waals surface area contributed by atoms with Crippen LogP contribution in [0.25, 0.3) is 0 Å². The van der Waals surface area contributed by atoms with Gasteiger partial charge in [0, 0.05) is 5.75 Å². The van der Waals surface area contributed by atoms with E-state index in [-0.39, 0.29) is 17.6 Å². The van der Waals surface area contributed by atoms with Crippen molar-refractivity contribution in [2.75, 3.05) is 5.75 Å². The molecule has 10 heteroatoms. The molecule has 0 rings (SSSR count). The van der Waals surface area contributed by atoms with E-state index in [0.29, 0.717) is 0 Å². The number of carboxylic acids is 1. The van der Waals surface area contributed by atoms with Gasteiger partial charge in [0.2, 0.25) is 17.7 Å². The second kappa shape index (κ2) is 11.0. The molecule has 0 aliphatic rings. The molecule has 0 radical (unpaired) electrons. The van der Waals surface area contributed by atoms with E-state index in [2.05, 4.69) is 28.6 Å². The highest BCUT2D eigenvalue weighted by atomic mass is 32.1. The van der Waals surface area contributed by atoms with Crippen molar-refractivity contribution in [3.63, 3.8) is 0 Å². The topological polar surface area (TPSA) is 151 Å². The maximum absolute atomic E-state index is 12.4. The zero-order chi connectivity index (χ0) is 20.6. The zero-order valence-electron chi connectivity index (χ0n) is 15.8. The number of hydrogen-bond acceptors (Lipinski definition) is 6. The fourth-order valence-electron chi connectivity index (χ4n) is 1.94. The fraction of sp³-hybridized carbons (Fsp3) is 0.750. The molecular weight excluding hydrogens is 360 g/mol. The second-order valence-corrected chi connectivity index (χ2v) is 7.18. The third-order valence-corrected chi connectivity index (χ3v) is 4.18. The van der Waals surface area contributed by atoms with Crippen LogP contribution in [0.4, 0.5) is 0 Å². The minimum Gasteiger partial charge on any atom is -0.480 e. The molecule has 0 saturated heterocycles. The highest BCUT2D eigenvalue weighted by Crippen LogP contribution is 2.05. The predicted molar refractivity (Wildman–Crippen MR) is 101 cm³/mol. The summed E-state index contributed by atoms with van der Waals surface area (Å²) in [5, 5.41) is 16.3. The lowest BCUT2D eigenvalue weighted by atomic mass is 10.00. The summed E-state index contributed by atoms with van der Waals surface area (Å²) in [6.45, 7) is 8.50. The van der Waals surface area contributed by atoms with Crippen LogP contribution in [0.5, 0.6) is 0 Å². The van der Waals surface area contributed by atoms with Gasteiger partial charge in [-0.05, 0) is 18.8 Å². The molecule has 6 N–H and O–H groups in total. The van der Waals surface area contributed by atoms with Crippen LogP contribution in [0.2, 0.25) is 0 Å². The van der Waals surface area contributed by atoms with E-state index in [0.717, 1.165) is 0 Å². The van der Waals surface area contributed by atoms with Gasteiger partial charge in [-0.2, -0.15) is 12.6 Å². The highest BCUT2D eigenvalue weighted by Gasteiger charge is 2.30. The molecule has 4 atom stereocenters. The summed E-state index contributed by atoms with van der Waals surface area (Å²) in [7, 11) is 0. The number of carbonyl (C=O) groups excluding carboxylic acids is 3. The number of amides is 3. The summed E-state index contributed by atoms with van der Waals surface area (Å²) < 4.78 is 0. The van der Waals surface area contributed by atoms with Gasteiger partial charge in [-0.3, -0.25) is 14.4 Å². The molecule has 3 amide bonds. The first kappa shape index (κ1) is 24.2. The van der Waals surface area contributed by atoms with Crippen molar-refractivity contribution in [1.29, 1.82) is 0 Å². The quantitative estimate of drug-likeness (QED) is 0.266. The van der Waals surface area contributed by atoms with E-state index >= 15 is 0 Å². The Labute approximate surface area is 159 Å². The van der Waals surface area contributed by atoms with Crippen LogP contribution in [0.1, 0.15) is 34.6 Å². The minimum atomic E-state index is -1.22. The van der Waals surface area contributed by atoms with Gasteiger partial charge in [0.1, 0.15) is 18.1 Å². The van der Waals surface area contributed by atoms with Crippen molar-refractivity contribution in [2.24, 2.45) is 17.6 Å². The Hall–Kier alpha value is -1.81. The average molecular weight is 391 g/mol. The summed E-state index contributed by atoms with van der Waals surface area (Å²) in [6, 6.07) is -3.77. The van der Waals surface area contributed by atoms with Crippen LogP contribution in [0, 0.1) is 11.8 Å². The van der Waals surface area contributed by atoms with Gasteiger partial charge in [-0.1, -0.05) is 27.7 Å². The lowest BCUT2D eigenvalue weighted by Crippen LogP contribution is -2.58. The molecule has 150 valence electrons. The van der Waals surface area contributed by atoms with Crippen LogP contribution >= 0.6 is 12.6 Å². The zero-order valence-corrected chi connectivity index (χ0v) is 16.7. The maximum atomic E-state index is 12.4. The van der Waals surface area contributed by atoms with Gasteiger partial charge in [-0.25, -0.2) is 4.79 Å². The molecular formula is C16H30N4O5S. The fourth-order valence-corrected chi connectivity index (χ4v) is 2.19. The number of nitrogens with two attached hydrogens (primary N) is 1. The van der Waals surface area contributed by atoms with E-state index in [1.54, 1.807) is 27.7 Å². The maximum Gasteiger partial charge on any atom is 0.327 e. The third-order valence-electron chi connectivity index (χ3n) is 3.82. The molecule has 0 spiro atoms. The van der Waals surface area contributed by atoms with Crippen LogP contribution in [0.3, 0.4) is 0 Å². The van der Waals surface area contributed by atoms with Gasteiger partial charge < -0.3 is 26.8 Å². The van der Waals surface area contributed by atoms with E-state index in [4.69, 9.17) is 10.8 Å². The van der Waals surface area contributed by atoms with Gasteiger partial charge in [0.05, 0.1) is 6.04 Å². The summed E-state index contributed by atoms with van der Waals surface area (Å²) in [4.78, 5) is 47.5. The van der Waals surface area contributed by atoms with Crippen LogP contribution in [-0.4, -0.2) is 58.7 Å². The number of thiol groups is 1. The van der Waals surface area contributed by atoms with Gasteiger partial charge in [-0.15, -0.1) is 0 Å². The Morgan fingerprint density at radius 2 is 1.42 bits per heavy atom. The lowest BCUT2D eigenvalue weighted by Gasteiger charge is -2.26. The predicted octanol–water partition coefficient (Wildman–Crippen LogP) is -0.886. The summed E-state index contributed by atoms with van der Waals surface area (Å²) in [5.74, 6) is -3.30. The van der Waals surface area contributed by atoms with Crippen molar-refractivity contribution >= 4 is 36.3 Å². The third kappa shape index (κ3) is 7.61. The van der Waals surface area contributed by atoms with Crippen molar-refractivity contribution in [2.45, 2.75) is 58.8 Å². The Bertz CT molecular complexity index is 527. The molecule has 0 aromatic rings. The number of nitrogens with one attached hydrogen (secondary N) is 3. The molecule has 9 nitrogen and oxygen atoms in total. The molecule has 0 aromatic heterocycles. The second-order valence-electron chi connectivity index (χ2n) is 6.81. The molecule has 0 saturated carbocycles. The Morgan fingerprint density at radius 1 is 0.885 bits per heavy atom. The summed E-state index contributed by atoms with van der Waals surface area (Å²) >= 11 is 3.86. The Kier molecular flexibility index (Phi) is 10.3. The first-order valence-corrected chi connectivity index (χ1v) is 9.05. The van der Waals surface area contributed by atoms with Crippen LogP contribution < -0.4 is 21.7 Å². The van der Waals surface area contributed by atoms with Gasteiger partial charge in [0.15, 0.2) is 0 Å². The van der Waals surface area contributed by atoms with E-state index < -0.39 is 47.9 Å². The van der Waals surface area contributed by atoms with Gasteiger partial charge in [0.25, 0.3) is 0 Å². The minimum absolute atomic E-state index is 0.0838. The number of carbonyl (C=O) groups is 4. The molecule has 0 aromatic carbocycles. The van der Waals surface area contributed by atoms with Crippen molar-refractivity contribution in [3.05, 3.63) is 0 Å². The van der Waals surface area contributed by atoms with Crippen LogP contribution in [-0.2, 0) is 19.2 Å². The molecule has 0 aliphatic carbocycles. The van der Waals surface area contributed by atoms with E-state index in [9.17, 15) is 19.2 Å². The average Bonchev–Trinajstić information content (AvgIpc) is 2.54. The van der Waals surface area contributed by atoms with Crippen molar-refractivity contribution in [3.8, 4) is 0 Å². The Morgan fingerprint density at radius 3 is 1.81 bits per heavy atom. The molecule has 26 heavy (non-hydrogen) atoms. The molecule has 0 bridgehead atoms. The van der Waals surface area contributed by atoms with Crippen molar-refractivity contribution in [1.82, 2.24) is 16.0 Å². The SMILES string of the molecule is CC(NC(=O)C(NC(=O)C(N)C(C)C)C(C)C)C(=O)NC(CS)C(=O)O. The molecule has 0 heterocycles. The number of hydrogen-bond donors (Lipinski definition) is 6. The highest BCUT2D eigenvalue weighted by molar-refractivity contribution is 7.80. The number of carboxylic acid groups (broad SMARTS) is 1. The molecule has 0 aliphatic heterocycles. The normalized spacial score (nSPS) is 15.7. The Balaban J connectivity index is 4.92. The molecule has 0 fully saturated rings. The summed E-state index contributed by atoms with van der Waals surface area (Å²) in [6.07, 6.45) is 0. The van der Waals surface area contributed by atoms with Crippen molar-refractivity contribution < 1.29 is 24.3 Å². The lowest BCUT2D eigenvalue weighted by molar-refractivity contribution is -0.141. The van der Waals surface area contributed by atoms with E-state index in [1.165, 1.54) is 6.92 Å². The summed E-state index contributed by atoms with van der Waals surface area (Å²) in [5.41, 5.74) is 5.79. The van der Waals surface area contributed by atoms with E-state index in [1.807, 2.05) is 0 Å². The standard InChI is InChI=1S/C16H30N4O5S/c1-7(2)11(17)14(22)20-12(8(3)4)15(23)18-9(5)13(21)19-10(6-26)16(24)25/h7-12,26H,6,17H2,1-5H3,(H,18,23)(H,19,21)(H,20,22)(H,24,25).